The first-order valence-corrected chi connectivity index (χ1v) is 6.73. The minimum atomic E-state index is -0.678. The Bertz CT molecular complexity index is 682. The molecule has 8 heteroatoms. The number of rotatable bonds is 7. The van der Waals surface area contributed by atoms with Crippen molar-refractivity contribution in [3.63, 3.8) is 0 Å². The van der Waals surface area contributed by atoms with Crippen LogP contribution in [-0.4, -0.2) is 37.4 Å². The Kier molecular flexibility index (Phi) is 5.56. The molecule has 8 nitrogen and oxygen atoms in total. The van der Waals surface area contributed by atoms with Gasteiger partial charge < -0.3 is 24.1 Å². The van der Waals surface area contributed by atoms with Gasteiger partial charge in [-0.05, 0) is 19.1 Å². The summed E-state index contributed by atoms with van der Waals surface area (Å²) in [6, 6.07) is 8.43. The summed E-state index contributed by atoms with van der Waals surface area (Å²) in [5, 5.41) is 6.02. The molecule has 1 aromatic heterocycles. The number of nitrogens with zero attached hydrogens (tertiary/aromatic N) is 1. The molecule has 1 N–H and O–H groups in total. The molecule has 0 radical (unpaired) electrons. The number of carbonyl (C=O) groups excluding carboxylic acids is 2. The number of aromatic nitrogens is 1. The number of hydrogen-bond acceptors (Lipinski definition) is 7. The lowest BCUT2D eigenvalue weighted by Crippen LogP contribution is -2.23. The standard InChI is InChI=1S/C15H16N2O6/c1-10-7-13(17-23-10)16-14(18)8-22-15(19)9-21-12-6-4-3-5-11(12)20-2/h3-7H,8-9H2,1-2H3,(H,16,17,18). The SMILES string of the molecule is COc1ccccc1OCC(=O)OCC(=O)Nc1cc(C)on1. The van der Waals surface area contributed by atoms with Crippen LogP contribution in [0.15, 0.2) is 34.9 Å². The second kappa shape index (κ2) is 7.83. The number of carbonyl (C=O) groups is 2. The third-order valence-electron chi connectivity index (χ3n) is 2.67. The van der Waals surface area contributed by atoms with Gasteiger partial charge in [0.15, 0.2) is 30.5 Å². The fourth-order valence-electron chi connectivity index (χ4n) is 1.67. The number of nitrogens with one attached hydrogen (secondary N) is 1. The Labute approximate surface area is 132 Å². The van der Waals surface area contributed by atoms with E-state index in [-0.39, 0.29) is 12.4 Å². The van der Waals surface area contributed by atoms with Crippen LogP contribution >= 0.6 is 0 Å². The molecule has 1 aromatic carbocycles. The molecular weight excluding hydrogens is 304 g/mol. The van der Waals surface area contributed by atoms with Crippen LogP contribution in [0.25, 0.3) is 0 Å². The van der Waals surface area contributed by atoms with E-state index in [9.17, 15) is 9.59 Å². The second-order valence-electron chi connectivity index (χ2n) is 4.47. The van der Waals surface area contributed by atoms with Crippen LogP contribution in [0.3, 0.4) is 0 Å². The van der Waals surface area contributed by atoms with Crippen molar-refractivity contribution in [3.05, 3.63) is 36.1 Å². The number of hydrogen-bond donors (Lipinski definition) is 1. The van der Waals surface area contributed by atoms with Crippen molar-refractivity contribution < 1.29 is 28.3 Å². The smallest absolute Gasteiger partial charge is 0.344 e. The van der Waals surface area contributed by atoms with Crippen molar-refractivity contribution in [2.75, 3.05) is 25.6 Å². The molecule has 1 amide bonds. The summed E-state index contributed by atoms with van der Waals surface area (Å²) >= 11 is 0. The Morgan fingerprint density at radius 2 is 1.96 bits per heavy atom. The van der Waals surface area contributed by atoms with Crippen molar-refractivity contribution >= 4 is 17.7 Å². The maximum atomic E-state index is 11.6. The molecule has 1 heterocycles. The van der Waals surface area contributed by atoms with Gasteiger partial charge >= 0.3 is 5.97 Å². The Morgan fingerprint density at radius 3 is 2.61 bits per heavy atom. The normalized spacial score (nSPS) is 10.0. The maximum Gasteiger partial charge on any atom is 0.344 e. The van der Waals surface area contributed by atoms with E-state index in [1.165, 1.54) is 7.11 Å². The summed E-state index contributed by atoms with van der Waals surface area (Å²) in [5.41, 5.74) is 0. The van der Waals surface area contributed by atoms with E-state index >= 15 is 0 Å². The molecule has 0 fully saturated rings. The molecule has 23 heavy (non-hydrogen) atoms. The Morgan fingerprint density at radius 1 is 1.22 bits per heavy atom. The van der Waals surface area contributed by atoms with Crippen molar-refractivity contribution in [1.82, 2.24) is 5.16 Å². The Hall–Kier alpha value is -3.03. The molecular formula is C15H16N2O6. The minimum Gasteiger partial charge on any atom is -0.493 e. The van der Waals surface area contributed by atoms with Gasteiger partial charge in [-0.3, -0.25) is 4.79 Å². The third kappa shape index (κ3) is 5.03. The van der Waals surface area contributed by atoms with E-state index < -0.39 is 18.5 Å². The quantitative estimate of drug-likeness (QED) is 0.772. The summed E-state index contributed by atoms with van der Waals surface area (Å²) in [4.78, 5) is 23.1. The predicted molar refractivity (Wildman–Crippen MR) is 79.3 cm³/mol. The molecule has 0 saturated carbocycles. The zero-order valence-electron chi connectivity index (χ0n) is 12.7. The van der Waals surface area contributed by atoms with Gasteiger partial charge in [0.05, 0.1) is 7.11 Å². The molecule has 0 aliphatic heterocycles. The zero-order chi connectivity index (χ0) is 16.7. The van der Waals surface area contributed by atoms with E-state index in [2.05, 4.69) is 10.5 Å². The van der Waals surface area contributed by atoms with Crippen molar-refractivity contribution in [3.8, 4) is 11.5 Å². The lowest BCUT2D eigenvalue weighted by molar-refractivity contribution is -0.149. The molecule has 2 rings (SSSR count). The number of anilines is 1. The van der Waals surface area contributed by atoms with E-state index in [4.69, 9.17) is 18.7 Å². The summed E-state index contributed by atoms with van der Waals surface area (Å²) in [6.45, 7) is 0.911. The lowest BCUT2D eigenvalue weighted by Gasteiger charge is -2.09. The monoisotopic (exact) mass is 320 g/mol. The average molecular weight is 320 g/mol. The van der Waals surface area contributed by atoms with Gasteiger partial charge in [0.25, 0.3) is 5.91 Å². The number of para-hydroxylation sites is 2. The first kappa shape index (κ1) is 16.3. The third-order valence-corrected chi connectivity index (χ3v) is 2.67. The Balaban J connectivity index is 1.73. The summed E-state index contributed by atoms with van der Waals surface area (Å²) < 4.78 is 20.0. The summed E-state index contributed by atoms with van der Waals surface area (Å²) in [7, 11) is 1.50. The van der Waals surface area contributed by atoms with Crippen LogP contribution in [0.1, 0.15) is 5.76 Å². The second-order valence-corrected chi connectivity index (χ2v) is 4.47. The van der Waals surface area contributed by atoms with Crippen LogP contribution in [0.2, 0.25) is 0 Å². The topological polar surface area (TPSA) is 99.9 Å². The molecule has 0 spiro atoms. The predicted octanol–water partition coefficient (Wildman–Crippen LogP) is 1.55. The number of methoxy groups -OCH3 is 1. The molecule has 0 atom stereocenters. The first-order valence-electron chi connectivity index (χ1n) is 6.73. The van der Waals surface area contributed by atoms with Crippen LogP contribution in [-0.2, 0) is 14.3 Å². The van der Waals surface area contributed by atoms with Crippen LogP contribution < -0.4 is 14.8 Å². The van der Waals surface area contributed by atoms with Gasteiger partial charge in [-0.15, -0.1) is 0 Å². The van der Waals surface area contributed by atoms with Gasteiger partial charge in [0, 0.05) is 6.07 Å². The number of esters is 1. The van der Waals surface area contributed by atoms with Crippen LogP contribution in [0.5, 0.6) is 11.5 Å². The lowest BCUT2D eigenvalue weighted by atomic mass is 10.3. The highest BCUT2D eigenvalue weighted by Crippen LogP contribution is 2.25. The van der Waals surface area contributed by atoms with Crippen molar-refractivity contribution in [2.24, 2.45) is 0 Å². The van der Waals surface area contributed by atoms with Crippen molar-refractivity contribution in [2.45, 2.75) is 6.92 Å². The highest BCUT2D eigenvalue weighted by atomic mass is 16.6. The molecule has 122 valence electrons. The molecule has 0 unspecified atom stereocenters. The average Bonchev–Trinajstić information content (AvgIpc) is 2.96. The number of benzene rings is 1. The van der Waals surface area contributed by atoms with Crippen LogP contribution in [0, 0.1) is 6.92 Å². The van der Waals surface area contributed by atoms with Gasteiger partial charge in [-0.1, -0.05) is 17.3 Å². The number of aryl methyl sites for hydroxylation is 1. The number of amides is 1. The highest BCUT2D eigenvalue weighted by Gasteiger charge is 2.11. The summed E-state index contributed by atoms with van der Waals surface area (Å²) in [6.07, 6.45) is 0. The zero-order valence-corrected chi connectivity index (χ0v) is 12.7. The summed E-state index contributed by atoms with van der Waals surface area (Å²) in [5.74, 6) is 0.525. The van der Waals surface area contributed by atoms with Crippen molar-refractivity contribution in [1.29, 1.82) is 0 Å². The van der Waals surface area contributed by atoms with Crippen LogP contribution in [0.4, 0.5) is 5.82 Å². The molecule has 0 saturated heterocycles. The van der Waals surface area contributed by atoms with Gasteiger partial charge in [0.2, 0.25) is 0 Å². The van der Waals surface area contributed by atoms with E-state index in [1.807, 2.05) is 0 Å². The molecule has 0 bridgehead atoms. The van der Waals surface area contributed by atoms with E-state index in [0.717, 1.165) is 0 Å². The van der Waals surface area contributed by atoms with E-state index in [0.29, 0.717) is 17.3 Å². The molecule has 0 aliphatic rings. The van der Waals surface area contributed by atoms with E-state index in [1.54, 1.807) is 37.3 Å². The van der Waals surface area contributed by atoms with Gasteiger partial charge in [0.1, 0.15) is 5.76 Å². The van der Waals surface area contributed by atoms with Gasteiger partial charge in [-0.2, -0.15) is 0 Å². The maximum absolute atomic E-state index is 11.6. The number of ether oxygens (including phenoxy) is 3. The first-order chi connectivity index (χ1) is 11.1. The fourth-order valence-corrected chi connectivity index (χ4v) is 1.67. The minimum absolute atomic E-state index is 0.258. The molecule has 2 aromatic rings. The van der Waals surface area contributed by atoms with Gasteiger partial charge in [-0.25, -0.2) is 4.79 Å². The fraction of sp³-hybridized carbons (Fsp3) is 0.267. The molecule has 0 aliphatic carbocycles. The largest absolute Gasteiger partial charge is 0.493 e. The highest BCUT2D eigenvalue weighted by molar-refractivity contribution is 5.91.